The lowest BCUT2D eigenvalue weighted by atomic mass is 10.2. The molecule has 0 saturated carbocycles. The molecule has 3 rings (SSSR count). The molecule has 1 aliphatic rings. The van der Waals surface area contributed by atoms with Crippen LogP contribution in [-0.2, 0) is 21.2 Å². The quantitative estimate of drug-likeness (QED) is 0.457. The Balaban J connectivity index is 1.66. The molecule has 1 saturated heterocycles. The summed E-state index contributed by atoms with van der Waals surface area (Å²) >= 11 is 1.44. The SMILES string of the molecule is CCCCCCn1c(SCC(=O)N(C)C2CCS(=O)(=O)C2)nc2ccccc21. The van der Waals surface area contributed by atoms with E-state index in [2.05, 4.69) is 17.6 Å². The number of para-hydroxylation sites is 2. The van der Waals surface area contributed by atoms with Crippen molar-refractivity contribution in [3.8, 4) is 0 Å². The maximum atomic E-state index is 12.6. The standard InChI is InChI=1S/C20H29N3O3S2/c1-3-4-5-8-12-23-18-10-7-6-9-17(18)21-20(23)27-14-19(24)22(2)16-11-13-28(25,26)15-16/h6-7,9-10,16H,3-5,8,11-15H2,1-2H3. The van der Waals surface area contributed by atoms with Crippen molar-refractivity contribution in [2.45, 2.75) is 56.8 Å². The Kier molecular flexibility index (Phi) is 7.04. The van der Waals surface area contributed by atoms with E-state index in [1.807, 2.05) is 18.2 Å². The second kappa shape index (κ2) is 9.31. The van der Waals surface area contributed by atoms with E-state index in [1.165, 1.54) is 31.0 Å². The van der Waals surface area contributed by atoms with Crippen LogP contribution in [0.15, 0.2) is 29.4 Å². The molecule has 1 aromatic heterocycles. The van der Waals surface area contributed by atoms with E-state index in [4.69, 9.17) is 4.98 Å². The smallest absolute Gasteiger partial charge is 0.233 e. The molecule has 6 nitrogen and oxygen atoms in total. The summed E-state index contributed by atoms with van der Waals surface area (Å²) in [5.74, 6) is 0.480. The molecule has 0 spiro atoms. The first-order valence-corrected chi connectivity index (χ1v) is 12.8. The lowest BCUT2D eigenvalue weighted by Gasteiger charge is -2.23. The second-order valence-electron chi connectivity index (χ2n) is 7.45. The third-order valence-corrected chi connectivity index (χ3v) is 8.04. The van der Waals surface area contributed by atoms with Gasteiger partial charge in [0.1, 0.15) is 0 Å². The zero-order chi connectivity index (χ0) is 20.1. The molecule has 1 aromatic carbocycles. The molecule has 28 heavy (non-hydrogen) atoms. The molecule has 1 aliphatic heterocycles. The van der Waals surface area contributed by atoms with E-state index in [0.29, 0.717) is 6.42 Å². The van der Waals surface area contributed by atoms with Crippen molar-refractivity contribution >= 4 is 38.5 Å². The maximum absolute atomic E-state index is 12.6. The van der Waals surface area contributed by atoms with Gasteiger partial charge in [0.05, 0.1) is 28.3 Å². The fraction of sp³-hybridized carbons (Fsp3) is 0.600. The predicted octanol–water partition coefficient (Wildman–Crippen LogP) is 3.35. The highest BCUT2D eigenvalue weighted by Gasteiger charge is 2.32. The van der Waals surface area contributed by atoms with E-state index in [0.717, 1.165) is 29.2 Å². The molecule has 1 amide bonds. The number of carbonyl (C=O) groups excluding carboxylic acids is 1. The monoisotopic (exact) mass is 423 g/mol. The van der Waals surface area contributed by atoms with Crippen LogP contribution in [0, 0.1) is 0 Å². The minimum Gasteiger partial charge on any atom is -0.341 e. The van der Waals surface area contributed by atoms with Gasteiger partial charge in [-0.2, -0.15) is 0 Å². The number of amides is 1. The fourth-order valence-electron chi connectivity index (χ4n) is 3.59. The molecule has 0 bridgehead atoms. The Labute approximate surface area is 171 Å². The van der Waals surface area contributed by atoms with Gasteiger partial charge in [0.15, 0.2) is 15.0 Å². The second-order valence-corrected chi connectivity index (χ2v) is 10.6. The molecule has 0 N–H and O–H groups in total. The van der Waals surface area contributed by atoms with Crippen LogP contribution in [-0.4, -0.2) is 59.1 Å². The minimum atomic E-state index is -3.00. The van der Waals surface area contributed by atoms with Gasteiger partial charge in [0, 0.05) is 19.6 Å². The van der Waals surface area contributed by atoms with Gasteiger partial charge in [-0.15, -0.1) is 0 Å². The first-order valence-electron chi connectivity index (χ1n) is 9.95. The number of fused-ring (bicyclic) bond motifs is 1. The molecular formula is C20H29N3O3S2. The highest BCUT2D eigenvalue weighted by Crippen LogP contribution is 2.26. The first kappa shape index (κ1) is 21.2. The summed E-state index contributed by atoms with van der Waals surface area (Å²) in [4.78, 5) is 18.9. The van der Waals surface area contributed by atoms with Crippen LogP contribution in [0.1, 0.15) is 39.0 Å². The van der Waals surface area contributed by atoms with E-state index >= 15 is 0 Å². The average Bonchev–Trinajstić information content (AvgIpc) is 3.22. The molecule has 0 aliphatic carbocycles. The van der Waals surface area contributed by atoms with Crippen molar-refractivity contribution in [2.75, 3.05) is 24.3 Å². The Morgan fingerprint density at radius 3 is 2.79 bits per heavy atom. The van der Waals surface area contributed by atoms with Crippen LogP contribution in [0.4, 0.5) is 0 Å². The van der Waals surface area contributed by atoms with Crippen LogP contribution < -0.4 is 0 Å². The number of benzene rings is 1. The summed E-state index contributed by atoms with van der Waals surface area (Å²) in [6.45, 7) is 3.10. The molecule has 8 heteroatoms. The maximum Gasteiger partial charge on any atom is 0.233 e. The van der Waals surface area contributed by atoms with Gasteiger partial charge in [-0.1, -0.05) is 50.1 Å². The Morgan fingerprint density at radius 1 is 1.29 bits per heavy atom. The highest BCUT2D eigenvalue weighted by atomic mass is 32.2. The number of imidazole rings is 1. The highest BCUT2D eigenvalue weighted by molar-refractivity contribution is 7.99. The fourth-order valence-corrected chi connectivity index (χ4v) is 6.33. The molecule has 2 heterocycles. The van der Waals surface area contributed by atoms with Gasteiger partial charge in [-0.3, -0.25) is 4.79 Å². The van der Waals surface area contributed by atoms with E-state index in [9.17, 15) is 13.2 Å². The van der Waals surface area contributed by atoms with Crippen LogP contribution in [0.3, 0.4) is 0 Å². The van der Waals surface area contributed by atoms with Crippen LogP contribution in [0.5, 0.6) is 0 Å². The van der Waals surface area contributed by atoms with Crippen molar-refractivity contribution in [3.05, 3.63) is 24.3 Å². The van der Waals surface area contributed by atoms with E-state index in [1.54, 1.807) is 11.9 Å². The predicted molar refractivity (Wildman–Crippen MR) is 114 cm³/mol. The average molecular weight is 424 g/mol. The third kappa shape index (κ3) is 5.08. The number of aryl methyl sites for hydroxylation is 1. The first-order chi connectivity index (χ1) is 13.4. The summed E-state index contributed by atoms with van der Waals surface area (Å²) in [5, 5.41) is 0.860. The van der Waals surface area contributed by atoms with Crippen molar-refractivity contribution < 1.29 is 13.2 Å². The summed E-state index contributed by atoms with van der Waals surface area (Å²) in [5.41, 5.74) is 2.05. The molecule has 2 aromatic rings. The Bertz CT molecular complexity index is 924. The zero-order valence-electron chi connectivity index (χ0n) is 16.6. The topological polar surface area (TPSA) is 72.3 Å². The largest absolute Gasteiger partial charge is 0.341 e. The van der Waals surface area contributed by atoms with E-state index in [-0.39, 0.29) is 29.2 Å². The van der Waals surface area contributed by atoms with Gasteiger partial charge in [-0.25, -0.2) is 13.4 Å². The lowest BCUT2D eigenvalue weighted by Crippen LogP contribution is -2.38. The molecule has 0 radical (unpaired) electrons. The van der Waals surface area contributed by atoms with Gasteiger partial charge in [0.2, 0.25) is 5.91 Å². The van der Waals surface area contributed by atoms with Crippen molar-refractivity contribution in [1.29, 1.82) is 0 Å². The van der Waals surface area contributed by atoms with Crippen LogP contribution >= 0.6 is 11.8 Å². The number of thioether (sulfide) groups is 1. The number of sulfone groups is 1. The molecular weight excluding hydrogens is 394 g/mol. The van der Waals surface area contributed by atoms with Gasteiger partial charge in [-0.05, 0) is 25.0 Å². The summed E-state index contributed by atoms with van der Waals surface area (Å²) in [6.07, 6.45) is 5.23. The number of rotatable bonds is 9. The molecule has 1 unspecified atom stereocenters. The summed E-state index contributed by atoms with van der Waals surface area (Å²) in [7, 11) is -1.29. The van der Waals surface area contributed by atoms with Gasteiger partial charge in [0.25, 0.3) is 0 Å². The number of hydrogen-bond donors (Lipinski definition) is 0. The van der Waals surface area contributed by atoms with E-state index < -0.39 is 9.84 Å². The number of aromatic nitrogens is 2. The normalized spacial score (nSPS) is 18.6. The zero-order valence-corrected chi connectivity index (χ0v) is 18.3. The summed E-state index contributed by atoms with van der Waals surface area (Å²) in [6, 6.07) is 7.86. The molecule has 1 atom stereocenters. The summed E-state index contributed by atoms with van der Waals surface area (Å²) < 4.78 is 25.6. The molecule has 154 valence electrons. The minimum absolute atomic E-state index is 0.0447. The number of hydrogen-bond acceptors (Lipinski definition) is 5. The molecule has 1 fully saturated rings. The Morgan fingerprint density at radius 2 is 2.07 bits per heavy atom. The number of carbonyl (C=O) groups is 1. The van der Waals surface area contributed by atoms with Gasteiger partial charge < -0.3 is 9.47 Å². The Hall–Kier alpha value is -1.54. The third-order valence-electron chi connectivity index (χ3n) is 5.33. The number of unbranched alkanes of at least 4 members (excludes halogenated alkanes) is 3. The lowest BCUT2D eigenvalue weighted by molar-refractivity contribution is -0.128. The van der Waals surface area contributed by atoms with Crippen LogP contribution in [0.2, 0.25) is 0 Å². The van der Waals surface area contributed by atoms with Crippen molar-refractivity contribution in [3.63, 3.8) is 0 Å². The van der Waals surface area contributed by atoms with Crippen molar-refractivity contribution in [2.24, 2.45) is 0 Å². The van der Waals surface area contributed by atoms with Gasteiger partial charge >= 0.3 is 0 Å². The van der Waals surface area contributed by atoms with Crippen LogP contribution in [0.25, 0.3) is 11.0 Å². The number of nitrogens with zero attached hydrogens (tertiary/aromatic N) is 3. The van der Waals surface area contributed by atoms with Crippen molar-refractivity contribution in [1.82, 2.24) is 14.5 Å².